The van der Waals surface area contributed by atoms with Crippen LogP contribution in [0.4, 0.5) is 0 Å². The van der Waals surface area contributed by atoms with Gasteiger partial charge in [-0.15, -0.1) is 12.4 Å². The Morgan fingerprint density at radius 1 is 1.32 bits per heavy atom. The molecule has 1 aliphatic rings. The van der Waals surface area contributed by atoms with E-state index in [2.05, 4.69) is 10.2 Å². The molecule has 6 heteroatoms. The van der Waals surface area contributed by atoms with E-state index in [-0.39, 0.29) is 30.3 Å². The van der Waals surface area contributed by atoms with Crippen LogP contribution in [0.2, 0.25) is 5.02 Å². The molecule has 0 saturated carbocycles. The molecule has 1 N–H and O–H groups in total. The summed E-state index contributed by atoms with van der Waals surface area (Å²) in [6.45, 7) is 7.52. The first-order valence-corrected chi connectivity index (χ1v) is 7.81. The van der Waals surface area contributed by atoms with E-state index in [4.69, 9.17) is 16.3 Å². The fourth-order valence-corrected chi connectivity index (χ4v) is 2.73. The molecule has 1 heterocycles. The van der Waals surface area contributed by atoms with Crippen LogP contribution in [0.25, 0.3) is 0 Å². The zero-order valence-corrected chi connectivity index (χ0v) is 14.6. The number of nitrogens with zero attached hydrogens (tertiary/aromatic N) is 1. The van der Waals surface area contributed by atoms with Gasteiger partial charge in [0.2, 0.25) is 5.91 Å². The highest BCUT2D eigenvalue weighted by molar-refractivity contribution is 6.31. The molecule has 1 fully saturated rings. The highest BCUT2D eigenvalue weighted by atomic mass is 35.5. The van der Waals surface area contributed by atoms with E-state index in [0.717, 1.165) is 36.9 Å². The van der Waals surface area contributed by atoms with Crippen LogP contribution < -0.4 is 5.32 Å². The van der Waals surface area contributed by atoms with Crippen molar-refractivity contribution in [3.05, 3.63) is 34.9 Å². The molecule has 124 valence electrons. The lowest BCUT2D eigenvalue weighted by molar-refractivity contribution is -0.124. The molecule has 1 aliphatic heterocycles. The maximum Gasteiger partial charge on any atom is 0.222 e. The molecule has 1 saturated heterocycles. The Balaban J connectivity index is 0.00000242. The van der Waals surface area contributed by atoms with Gasteiger partial charge in [-0.2, -0.15) is 0 Å². The summed E-state index contributed by atoms with van der Waals surface area (Å²) in [5.74, 6) is 0.0573. The molecule has 4 nitrogen and oxygen atoms in total. The summed E-state index contributed by atoms with van der Waals surface area (Å²) < 4.78 is 5.42. The average molecular weight is 347 g/mol. The van der Waals surface area contributed by atoms with E-state index in [1.54, 1.807) is 0 Å². The van der Waals surface area contributed by atoms with Crippen LogP contribution in [0.15, 0.2) is 24.3 Å². The van der Waals surface area contributed by atoms with Gasteiger partial charge in [0.25, 0.3) is 0 Å². The van der Waals surface area contributed by atoms with Crippen molar-refractivity contribution in [1.82, 2.24) is 10.2 Å². The second-order valence-electron chi connectivity index (χ2n) is 5.59. The highest BCUT2D eigenvalue weighted by Gasteiger charge is 2.25. The van der Waals surface area contributed by atoms with Gasteiger partial charge < -0.3 is 10.1 Å². The third-order valence-corrected chi connectivity index (χ3v) is 4.09. The van der Waals surface area contributed by atoms with Crippen LogP contribution in [0.5, 0.6) is 0 Å². The van der Waals surface area contributed by atoms with Crippen LogP contribution in [-0.2, 0) is 9.53 Å². The number of ether oxygens (including phenoxy) is 1. The Bertz CT molecular complexity index is 477. The lowest BCUT2D eigenvalue weighted by atomic mass is 10.0. The van der Waals surface area contributed by atoms with Gasteiger partial charge in [0.15, 0.2) is 0 Å². The number of hydrogen-bond acceptors (Lipinski definition) is 3. The van der Waals surface area contributed by atoms with Gasteiger partial charge in [-0.1, -0.05) is 43.6 Å². The predicted octanol–water partition coefficient (Wildman–Crippen LogP) is 2.91. The summed E-state index contributed by atoms with van der Waals surface area (Å²) in [6.07, 6.45) is 0. The second-order valence-corrected chi connectivity index (χ2v) is 5.99. The molecule has 0 radical (unpaired) electrons. The molecular weight excluding hydrogens is 323 g/mol. The summed E-state index contributed by atoms with van der Waals surface area (Å²) in [5, 5.41) is 3.77. The van der Waals surface area contributed by atoms with Crippen LogP contribution in [0, 0.1) is 5.92 Å². The number of nitrogens with one attached hydrogen (secondary N) is 1. The fourth-order valence-electron chi connectivity index (χ4n) is 2.47. The molecule has 1 atom stereocenters. The van der Waals surface area contributed by atoms with Crippen LogP contribution >= 0.6 is 24.0 Å². The molecule has 1 aromatic carbocycles. The Morgan fingerprint density at radius 3 is 2.55 bits per heavy atom. The highest BCUT2D eigenvalue weighted by Crippen LogP contribution is 2.27. The smallest absolute Gasteiger partial charge is 0.222 e. The predicted molar refractivity (Wildman–Crippen MR) is 91.7 cm³/mol. The fraction of sp³-hybridized carbons (Fsp3) is 0.562. The number of carbonyl (C=O) groups is 1. The van der Waals surface area contributed by atoms with E-state index in [1.165, 1.54) is 0 Å². The van der Waals surface area contributed by atoms with Gasteiger partial charge in [-0.25, -0.2) is 0 Å². The Morgan fingerprint density at radius 2 is 1.95 bits per heavy atom. The first-order valence-electron chi connectivity index (χ1n) is 7.43. The monoisotopic (exact) mass is 346 g/mol. The zero-order chi connectivity index (χ0) is 15.2. The van der Waals surface area contributed by atoms with Crippen LogP contribution in [0.3, 0.4) is 0 Å². The molecule has 1 unspecified atom stereocenters. The minimum Gasteiger partial charge on any atom is -0.379 e. The first-order chi connectivity index (χ1) is 10.1. The van der Waals surface area contributed by atoms with E-state index in [1.807, 2.05) is 38.1 Å². The van der Waals surface area contributed by atoms with Crippen molar-refractivity contribution in [3.8, 4) is 0 Å². The summed E-state index contributed by atoms with van der Waals surface area (Å²) in [7, 11) is 0. The maximum atomic E-state index is 11.9. The Labute approximate surface area is 143 Å². The largest absolute Gasteiger partial charge is 0.379 e. The topological polar surface area (TPSA) is 41.6 Å². The van der Waals surface area contributed by atoms with Gasteiger partial charge in [0.1, 0.15) is 0 Å². The minimum atomic E-state index is -0.0124. The summed E-state index contributed by atoms with van der Waals surface area (Å²) in [6, 6.07) is 7.93. The molecule has 1 amide bonds. The molecule has 0 bridgehead atoms. The van der Waals surface area contributed by atoms with Crippen molar-refractivity contribution in [3.63, 3.8) is 0 Å². The lowest BCUT2D eigenvalue weighted by Gasteiger charge is -2.35. The summed E-state index contributed by atoms with van der Waals surface area (Å²) in [4.78, 5) is 14.2. The number of hydrogen-bond donors (Lipinski definition) is 1. The third-order valence-electron chi connectivity index (χ3n) is 3.74. The van der Waals surface area contributed by atoms with E-state index >= 15 is 0 Å². The number of amides is 1. The number of halogens is 2. The van der Waals surface area contributed by atoms with E-state index < -0.39 is 0 Å². The van der Waals surface area contributed by atoms with Crippen LogP contribution in [-0.4, -0.2) is 43.7 Å². The minimum absolute atomic E-state index is 0. The van der Waals surface area contributed by atoms with Gasteiger partial charge in [-0.05, 0) is 11.6 Å². The normalized spacial score (nSPS) is 16.9. The van der Waals surface area contributed by atoms with Crippen molar-refractivity contribution in [2.75, 3.05) is 32.8 Å². The number of morpholine rings is 1. The second kappa shape index (κ2) is 9.36. The van der Waals surface area contributed by atoms with E-state index in [0.29, 0.717) is 6.54 Å². The van der Waals surface area contributed by atoms with Gasteiger partial charge in [-0.3, -0.25) is 9.69 Å². The quantitative estimate of drug-likeness (QED) is 0.891. The Hall–Kier alpha value is -0.810. The van der Waals surface area contributed by atoms with Gasteiger partial charge in [0.05, 0.1) is 19.3 Å². The van der Waals surface area contributed by atoms with Crippen molar-refractivity contribution >= 4 is 29.9 Å². The lowest BCUT2D eigenvalue weighted by Crippen LogP contribution is -2.44. The molecular formula is C16H24Cl2N2O2. The standard InChI is InChI=1S/C16H23ClN2O2.ClH/c1-12(2)16(20)18-11-15(19-7-9-21-10-8-19)13-5-3-4-6-14(13)17;/h3-6,12,15H,7-11H2,1-2H3,(H,18,20);1H. The van der Waals surface area contributed by atoms with Crippen molar-refractivity contribution in [1.29, 1.82) is 0 Å². The van der Waals surface area contributed by atoms with Gasteiger partial charge >= 0.3 is 0 Å². The van der Waals surface area contributed by atoms with Crippen molar-refractivity contribution in [2.45, 2.75) is 19.9 Å². The third kappa shape index (κ3) is 5.13. The van der Waals surface area contributed by atoms with Crippen LogP contribution in [0.1, 0.15) is 25.5 Å². The Kier molecular flexibility index (Phi) is 8.18. The van der Waals surface area contributed by atoms with Crippen molar-refractivity contribution < 1.29 is 9.53 Å². The average Bonchev–Trinajstić information content (AvgIpc) is 2.50. The molecule has 22 heavy (non-hydrogen) atoms. The molecule has 1 aromatic rings. The molecule has 2 rings (SSSR count). The SMILES string of the molecule is CC(C)C(=O)NCC(c1ccccc1Cl)N1CCOCC1.Cl. The molecule has 0 spiro atoms. The van der Waals surface area contributed by atoms with Crippen molar-refractivity contribution in [2.24, 2.45) is 5.92 Å². The summed E-state index contributed by atoms with van der Waals surface area (Å²) in [5.41, 5.74) is 1.06. The number of carbonyl (C=O) groups excluding carboxylic acids is 1. The maximum absolute atomic E-state index is 11.9. The summed E-state index contributed by atoms with van der Waals surface area (Å²) >= 11 is 6.35. The molecule has 0 aliphatic carbocycles. The number of benzene rings is 1. The number of rotatable bonds is 5. The molecule has 0 aromatic heterocycles. The zero-order valence-electron chi connectivity index (χ0n) is 13.0. The van der Waals surface area contributed by atoms with E-state index in [9.17, 15) is 4.79 Å². The van der Waals surface area contributed by atoms with Gasteiger partial charge in [0, 0.05) is 30.6 Å². The first kappa shape index (κ1) is 19.2.